The Hall–Kier alpha value is -2.56. The summed E-state index contributed by atoms with van der Waals surface area (Å²) in [6.45, 7) is 4.57. The zero-order chi connectivity index (χ0) is 14.1. The molecule has 0 unspecified atom stereocenters. The Morgan fingerprint density at radius 2 is 2.10 bits per heavy atom. The predicted molar refractivity (Wildman–Crippen MR) is 77.9 cm³/mol. The van der Waals surface area contributed by atoms with Crippen molar-refractivity contribution in [3.8, 4) is 5.75 Å². The molecule has 0 aliphatic heterocycles. The second-order valence-electron chi connectivity index (χ2n) is 4.90. The maximum Gasteiger partial charge on any atom is 0.155 e. The van der Waals surface area contributed by atoms with E-state index in [1.54, 1.807) is 16.6 Å². The molecule has 0 saturated heterocycles. The van der Waals surface area contributed by atoms with Gasteiger partial charge >= 0.3 is 0 Å². The van der Waals surface area contributed by atoms with Crippen molar-refractivity contribution in [3.05, 3.63) is 53.5 Å². The number of nitrogens with one attached hydrogen (secondary N) is 1. The molecule has 0 amide bonds. The van der Waals surface area contributed by atoms with Crippen LogP contribution in [0.15, 0.2) is 36.7 Å². The van der Waals surface area contributed by atoms with E-state index >= 15 is 0 Å². The molecule has 3 aromatic rings. The molecule has 1 aromatic carbocycles. The monoisotopic (exact) mass is 268 g/mol. The number of aryl methyl sites for hydroxylation is 2. The number of benzene rings is 1. The fourth-order valence-corrected chi connectivity index (χ4v) is 2.17. The highest BCUT2D eigenvalue weighted by molar-refractivity contribution is 5.53. The maximum atomic E-state index is 9.39. The van der Waals surface area contributed by atoms with E-state index in [0.29, 0.717) is 6.54 Å². The summed E-state index contributed by atoms with van der Waals surface area (Å²) in [4.78, 5) is 4.37. The van der Waals surface area contributed by atoms with Gasteiger partial charge in [0.1, 0.15) is 5.75 Å². The van der Waals surface area contributed by atoms with Gasteiger partial charge < -0.3 is 10.4 Å². The first-order chi connectivity index (χ1) is 9.61. The molecule has 0 aliphatic rings. The van der Waals surface area contributed by atoms with Crippen LogP contribution in [0.25, 0.3) is 5.65 Å². The number of rotatable bonds is 3. The Morgan fingerprint density at radius 1 is 1.25 bits per heavy atom. The molecule has 2 N–H and O–H groups in total. The molecule has 0 bridgehead atoms. The van der Waals surface area contributed by atoms with Gasteiger partial charge in [-0.1, -0.05) is 0 Å². The van der Waals surface area contributed by atoms with Crippen molar-refractivity contribution in [1.82, 2.24) is 14.6 Å². The molecule has 5 nitrogen and oxygen atoms in total. The van der Waals surface area contributed by atoms with Gasteiger partial charge in [-0.25, -0.2) is 9.50 Å². The first-order valence-corrected chi connectivity index (χ1v) is 6.46. The summed E-state index contributed by atoms with van der Waals surface area (Å²) in [5.41, 5.74) is 4.87. The maximum absolute atomic E-state index is 9.39. The first kappa shape index (κ1) is 12.5. The van der Waals surface area contributed by atoms with E-state index in [1.165, 1.54) is 0 Å². The van der Waals surface area contributed by atoms with Gasteiger partial charge in [0.05, 0.1) is 5.69 Å². The van der Waals surface area contributed by atoms with Gasteiger partial charge in [-0.2, -0.15) is 5.10 Å². The Kier molecular flexibility index (Phi) is 3.02. The number of aromatic hydroxyl groups is 1. The number of fused-ring (bicyclic) bond motifs is 1. The fourth-order valence-electron chi connectivity index (χ4n) is 2.17. The smallest absolute Gasteiger partial charge is 0.155 e. The SMILES string of the molecule is Cc1cc2ncc(CNc3ccc(O)cc3C)cn2n1. The molecule has 102 valence electrons. The van der Waals surface area contributed by atoms with Crippen LogP contribution in [-0.4, -0.2) is 19.7 Å². The number of anilines is 1. The molecular formula is C15H16N4O. The van der Waals surface area contributed by atoms with E-state index in [2.05, 4.69) is 15.4 Å². The third kappa shape index (κ3) is 2.42. The third-order valence-corrected chi connectivity index (χ3v) is 3.18. The molecule has 2 heterocycles. The van der Waals surface area contributed by atoms with Gasteiger partial charge in [-0.15, -0.1) is 0 Å². The summed E-state index contributed by atoms with van der Waals surface area (Å²) in [7, 11) is 0. The molecule has 3 rings (SSSR count). The minimum atomic E-state index is 0.281. The third-order valence-electron chi connectivity index (χ3n) is 3.18. The Morgan fingerprint density at radius 3 is 2.90 bits per heavy atom. The van der Waals surface area contributed by atoms with Crippen LogP contribution in [0.3, 0.4) is 0 Å². The minimum Gasteiger partial charge on any atom is -0.508 e. The Bertz CT molecular complexity index is 764. The van der Waals surface area contributed by atoms with E-state index in [4.69, 9.17) is 0 Å². The van der Waals surface area contributed by atoms with Crippen LogP contribution < -0.4 is 5.32 Å². The second-order valence-corrected chi connectivity index (χ2v) is 4.90. The molecule has 0 fully saturated rings. The van der Waals surface area contributed by atoms with Crippen LogP contribution in [0.4, 0.5) is 5.69 Å². The summed E-state index contributed by atoms with van der Waals surface area (Å²) in [6.07, 6.45) is 3.82. The number of phenols is 1. The molecule has 0 aliphatic carbocycles. The average molecular weight is 268 g/mol. The fraction of sp³-hybridized carbons (Fsp3) is 0.200. The number of aromatic nitrogens is 3. The van der Waals surface area contributed by atoms with Crippen molar-refractivity contribution in [1.29, 1.82) is 0 Å². The zero-order valence-electron chi connectivity index (χ0n) is 11.5. The van der Waals surface area contributed by atoms with E-state index < -0.39 is 0 Å². The van der Waals surface area contributed by atoms with Crippen LogP contribution in [0, 0.1) is 13.8 Å². The molecule has 0 atom stereocenters. The summed E-state index contributed by atoms with van der Waals surface area (Å²) in [5, 5.41) is 17.1. The Balaban J connectivity index is 1.79. The lowest BCUT2D eigenvalue weighted by molar-refractivity contribution is 0.475. The van der Waals surface area contributed by atoms with Crippen molar-refractivity contribution >= 4 is 11.3 Å². The number of hydrogen-bond donors (Lipinski definition) is 2. The summed E-state index contributed by atoms with van der Waals surface area (Å²) in [6, 6.07) is 7.23. The van der Waals surface area contributed by atoms with Gasteiger partial charge in [0.2, 0.25) is 0 Å². The van der Waals surface area contributed by atoms with Crippen molar-refractivity contribution < 1.29 is 5.11 Å². The zero-order valence-corrected chi connectivity index (χ0v) is 11.5. The van der Waals surface area contributed by atoms with E-state index in [0.717, 1.165) is 28.2 Å². The van der Waals surface area contributed by atoms with Gasteiger partial charge in [-0.05, 0) is 37.6 Å². The van der Waals surface area contributed by atoms with E-state index in [9.17, 15) is 5.11 Å². The topological polar surface area (TPSA) is 62.5 Å². The van der Waals surface area contributed by atoms with Crippen LogP contribution in [-0.2, 0) is 6.54 Å². The largest absolute Gasteiger partial charge is 0.508 e. The normalized spacial score (nSPS) is 10.9. The summed E-state index contributed by atoms with van der Waals surface area (Å²) < 4.78 is 1.79. The average Bonchev–Trinajstić information content (AvgIpc) is 2.77. The van der Waals surface area contributed by atoms with E-state index in [1.807, 2.05) is 38.4 Å². The van der Waals surface area contributed by atoms with Crippen molar-refractivity contribution in [2.24, 2.45) is 0 Å². The molecular weight excluding hydrogens is 252 g/mol. The lowest BCUT2D eigenvalue weighted by atomic mass is 10.2. The van der Waals surface area contributed by atoms with Crippen molar-refractivity contribution in [2.75, 3.05) is 5.32 Å². The standard InChI is InChI=1S/C15H16N4O/c1-10-5-13(20)3-4-14(10)16-7-12-8-17-15-6-11(2)18-19(15)9-12/h3-6,8-9,16,20H,7H2,1-2H3. The van der Waals surface area contributed by atoms with Gasteiger partial charge in [-0.3, -0.25) is 0 Å². The number of hydrogen-bond acceptors (Lipinski definition) is 4. The van der Waals surface area contributed by atoms with Crippen LogP contribution in [0.2, 0.25) is 0 Å². The highest BCUT2D eigenvalue weighted by atomic mass is 16.3. The van der Waals surface area contributed by atoms with Crippen LogP contribution in [0.5, 0.6) is 5.75 Å². The highest BCUT2D eigenvalue weighted by Gasteiger charge is 2.02. The van der Waals surface area contributed by atoms with Crippen LogP contribution in [0.1, 0.15) is 16.8 Å². The first-order valence-electron chi connectivity index (χ1n) is 6.46. The minimum absolute atomic E-state index is 0.281. The predicted octanol–water partition coefficient (Wildman–Crippen LogP) is 2.66. The quantitative estimate of drug-likeness (QED) is 0.717. The molecule has 2 aromatic heterocycles. The summed E-state index contributed by atoms with van der Waals surface area (Å²) in [5.74, 6) is 0.281. The van der Waals surface area contributed by atoms with Gasteiger partial charge in [0.25, 0.3) is 0 Å². The Labute approximate surface area is 116 Å². The molecule has 0 radical (unpaired) electrons. The number of nitrogens with zero attached hydrogens (tertiary/aromatic N) is 3. The van der Waals surface area contributed by atoms with Crippen molar-refractivity contribution in [3.63, 3.8) is 0 Å². The van der Waals surface area contributed by atoms with E-state index in [-0.39, 0.29) is 5.75 Å². The number of phenolic OH excluding ortho intramolecular Hbond substituents is 1. The highest BCUT2D eigenvalue weighted by Crippen LogP contribution is 2.20. The molecule has 0 spiro atoms. The lowest BCUT2D eigenvalue weighted by Crippen LogP contribution is -2.03. The van der Waals surface area contributed by atoms with Gasteiger partial charge in [0.15, 0.2) is 5.65 Å². The lowest BCUT2D eigenvalue weighted by Gasteiger charge is -2.09. The molecule has 5 heteroatoms. The summed E-state index contributed by atoms with van der Waals surface area (Å²) >= 11 is 0. The second kappa shape index (κ2) is 4.85. The van der Waals surface area contributed by atoms with Gasteiger partial charge in [0, 0.05) is 36.3 Å². The van der Waals surface area contributed by atoms with Crippen LogP contribution >= 0.6 is 0 Å². The molecule has 0 saturated carbocycles. The van der Waals surface area contributed by atoms with Crippen molar-refractivity contribution in [2.45, 2.75) is 20.4 Å². The molecule has 20 heavy (non-hydrogen) atoms.